The Balaban J connectivity index is 2.05. The Hall–Kier alpha value is -2.14. The largest absolute Gasteiger partial charge is 0.438 e. The Kier molecular flexibility index (Phi) is 3.05. The fourth-order valence-corrected chi connectivity index (χ4v) is 2.01. The molecular weight excluding hydrogens is 306 g/mol. The van der Waals surface area contributed by atoms with E-state index < -0.39 is 0 Å². The van der Waals surface area contributed by atoms with Crippen molar-refractivity contribution in [1.82, 2.24) is 9.97 Å². The van der Waals surface area contributed by atoms with Gasteiger partial charge in [-0.2, -0.15) is 0 Å². The highest BCUT2D eigenvalue weighted by Crippen LogP contribution is 2.28. The number of halogens is 1. The molecule has 0 spiro atoms. The standard InChI is InChI=1S/C14H10BrN3O/c15-9-1-4-11(5-2-9)19-14-12-7-10(16)3-6-13(12)17-8-18-14/h1-8H,16H2. The first-order valence-electron chi connectivity index (χ1n) is 5.66. The minimum atomic E-state index is 0.500. The molecule has 0 saturated carbocycles. The van der Waals surface area contributed by atoms with Crippen LogP contribution in [0.1, 0.15) is 0 Å². The summed E-state index contributed by atoms with van der Waals surface area (Å²) in [5.74, 6) is 1.21. The lowest BCUT2D eigenvalue weighted by atomic mass is 10.2. The Morgan fingerprint density at radius 1 is 1.00 bits per heavy atom. The van der Waals surface area contributed by atoms with Gasteiger partial charge in [-0.05, 0) is 42.5 Å². The monoisotopic (exact) mass is 315 g/mol. The second-order valence-electron chi connectivity index (χ2n) is 4.01. The van der Waals surface area contributed by atoms with Crippen molar-refractivity contribution in [3.05, 3.63) is 53.3 Å². The highest BCUT2D eigenvalue weighted by molar-refractivity contribution is 9.10. The molecule has 1 aromatic heterocycles. The van der Waals surface area contributed by atoms with Crippen LogP contribution in [0, 0.1) is 0 Å². The van der Waals surface area contributed by atoms with Crippen LogP contribution < -0.4 is 10.5 Å². The summed E-state index contributed by atoms with van der Waals surface area (Å²) in [5.41, 5.74) is 7.25. The minimum absolute atomic E-state index is 0.500. The van der Waals surface area contributed by atoms with Gasteiger partial charge in [-0.1, -0.05) is 15.9 Å². The van der Waals surface area contributed by atoms with Gasteiger partial charge in [-0.3, -0.25) is 0 Å². The lowest BCUT2D eigenvalue weighted by Crippen LogP contribution is -1.92. The van der Waals surface area contributed by atoms with Crippen molar-refractivity contribution in [2.45, 2.75) is 0 Å². The summed E-state index contributed by atoms with van der Waals surface area (Å²) < 4.78 is 6.77. The van der Waals surface area contributed by atoms with E-state index in [-0.39, 0.29) is 0 Å². The Labute approximate surface area is 118 Å². The second kappa shape index (κ2) is 4.85. The maximum absolute atomic E-state index is 5.79. The lowest BCUT2D eigenvalue weighted by Gasteiger charge is -2.07. The van der Waals surface area contributed by atoms with E-state index in [2.05, 4.69) is 25.9 Å². The van der Waals surface area contributed by atoms with E-state index in [1.807, 2.05) is 36.4 Å². The number of nitrogen functional groups attached to an aromatic ring is 1. The predicted molar refractivity (Wildman–Crippen MR) is 78.2 cm³/mol. The van der Waals surface area contributed by atoms with Gasteiger partial charge in [-0.25, -0.2) is 9.97 Å². The molecule has 0 saturated heterocycles. The van der Waals surface area contributed by atoms with E-state index in [1.54, 1.807) is 6.07 Å². The maximum atomic E-state index is 5.79. The summed E-state index contributed by atoms with van der Waals surface area (Å²) in [6.07, 6.45) is 1.48. The van der Waals surface area contributed by atoms with Gasteiger partial charge in [0.05, 0.1) is 10.9 Å². The molecule has 94 valence electrons. The van der Waals surface area contributed by atoms with Crippen molar-refractivity contribution in [2.24, 2.45) is 0 Å². The molecule has 0 aliphatic rings. The zero-order valence-electron chi connectivity index (χ0n) is 9.88. The van der Waals surface area contributed by atoms with Gasteiger partial charge < -0.3 is 10.5 Å². The molecule has 2 N–H and O–H groups in total. The van der Waals surface area contributed by atoms with Gasteiger partial charge in [0.25, 0.3) is 0 Å². The highest BCUT2D eigenvalue weighted by atomic mass is 79.9. The molecule has 0 fully saturated rings. The van der Waals surface area contributed by atoms with Crippen LogP contribution in [0.3, 0.4) is 0 Å². The quantitative estimate of drug-likeness (QED) is 0.731. The van der Waals surface area contributed by atoms with Crippen LogP contribution in [0.2, 0.25) is 0 Å². The Bertz CT molecular complexity index is 728. The molecule has 0 bridgehead atoms. The first-order chi connectivity index (χ1) is 9.22. The van der Waals surface area contributed by atoms with Crippen LogP contribution in [0.25, 0.3) is 10.9 Å². The molecule has 0 aliphatic heterocycles. The average molecular weight is 316 g/mol. The van der Waals surface area contributed by atoms with Crippen molar-refractivity contribution in [3.63, 3.8) is 0 Å². The van der Waals surface area contributed by atoms with Gasteiger partial charge in [0, 0.05) is 10.2 Å². The van der Waals surface area contributed by atoms with E-state index in [0.29, 0.717) is 17.3 Å². The van der Waals surface area contributed by atoms with Crippen LogP contribution in [-0.2, 0) is 0 Å². The molecule has 0 atom stereocenters. The normalized spacial score (nSPS) is 10.6. The molecule has 3 aromatic rings. The summed E-state index contributed by atoms with van der Waals surface area (Å²) in [6, 6.07) is 13.0. The number of hydrogen-bond donors (Lipinski definition) is 1. The van der Waals surface area contributed by atoms with Gasteiger partial charge in [0.15, 0.2) is 0 Å². The third-order valence-corrected chi connectivity index (χ3v) is 3.18. The number of anilines is 1. The molecule has 4 nitrogen and oxygen atoms in total. The highest BCUT2D eigenvalue weighted by Gasteiger charge is 2.06. The predicted octanol–water partition coefficient (Wildman–Crippen LogP) is 3.77. The third-order valence-electron chi connectivity index (χ3n) is 2.65. The smallest absolute Gasteiger partial charge is 0.230 e. The van der Waals surface area contributed by atoms with E-state index >= 15 is 0 Å². The summed E-state index contributed by atoms with van der Waals surface area (Å²) in [4.78, 5) is 8.35. The van der Waals surface area contributed by atoms with Crippen LogP contribution in [0.4, 0.5) is 5.69 Å². The minimum Gasteiger partial charge on any atom is -0.438 e. The number of nitrogens with two attached hydrogens (primary N) is 1. The van der Waals surface area contributed by atoms with E-state index in [4.69, 9.17) is 10.5 Å². The first-order valence-corrected chi connectivity index (χ1v) is 6.45. The van der Waals surface area contributed by atoms with Crippen molar-refractivity contribution < 1.29 is 4.74 Å². The number of ether oxygens (including phenoxy) is 1. The Morgan fingerprint density at radius 2 is 1.79 bits per heavy atom. The SMILES string of the molecule is Nc1ccc2ncnc(Oc3ccc(Br)cc3)c2c1. The zero-order chi connectivity index (χ0) is 13.2. The molecule has 3 rings (SSSR count). The summed E-state index contributed by atoms with van der Waals surface area (Å²) in [7, 11) is 0. The van der Waals surface area contributed by atoms with E-state index in [9.17, 15) is 0 Å². The molecule has 5 heteroatoms. The molecule has 1 heterocycles. The summed E-state index contributed by atoms with van der Waals surface area (Å²) in [5, 5.41) is 0.797. The second-order valence-corrected chi connectivity index (χ2v) is 4.93. The maximum Gasteiger partial charge on any atom is 0.230 e. The van der Waals surface area contributed by atoms with E-state index in [1.165, 1.54) is 6.33 Å². The van der Waals surface area contributed by atoms with Gasteiger partial charge in [0.1, 0.15) is 12.1 Å². The third kappa shape index (κ3) is 2.51. The number of fused-ring (bicyclic) bond motifs is 1. The van der Waals surface area contributed by atoms with Crippen molar-refractivity contribution in [2.75, 3.05) is 5.73 Å². The van der Waals surface area contributed by atoms with Gasteiger partial charge >= 0.3 is 0 Å². The van der Waals surface area contributed by atoms with Gasteiger partial charge in [-0.15, -0.1) is 0 Å². The van der Waals surface area contributed by atoms with Crippen molar-refractivity contribution in [3.8, 4) is 11.6 Å². The van der Waals surface area contributed by atoms with Crippen LogP contribution in [0.5, 0.6) is 11.6 Å². The number of rotatable bonds is 2. The molecule has 0 unspecified atom stereocenters. The molecule has 0 aliphatic carbocycles. The summed E-state index contributed by atoms with van der Waals surface area (Å²) >= 11 is 3.38. The molecule has 0 radical (unpaired) electrons. The molecule has 2 aromatic carbocycles. The zero-order valence-corrected chi connectivity index (χ0v) is 11.5. The molecule has 19 heavy (non-hydrogen) atoms. The first kappa shape index (κ1) is 11.9. The Morgan fingerprint density at radius 3 is 2.58 bits per heavy atom. The number of aromatic nitrogens is 2. The fourth-order valence-electron chi connectivity index (χ4n) is 1.75. The van der Waals surface area contributed by atoms with Crippen molar-refractivity contribution in [1.29, 1.82) is 0 Å². The molecular formula is C14H10BrN3O. The van der Waals surface area contributed by atoms with Gasteiger partial charge in [0.2, 0.25) is 5.88 Å². The number of hydrogen-bond acceptors (Lipinski definition) is 4. The number of nitrogens with zero attached hydrogens (tertiary/aromatic N) is 2. The topological polar surface area (TPSA) is 61.0 Å². The van der Waals surface area contributed by atoms with Crippen molar-refractivity contribution >= 4 is 32.5 Å². The van der Waals surface area contributed by atoms with E-state index in [0.717, 1.165) is 15.4 Å². The fraction of sp³-hybridized carbons (Fsp3) is 0. The summed E-state index contributed by atoms with van der Waals surface area (Å²) in [6.45, 7) is 0. The number of benzene rings is 2. The lowest BCUT2D eigenvalue weighted by molar-refractivity contribution is 0.468. The van der Waals surface area contributed by atoms with Crippen LogP contribution >= 0.6 is 15.9 Å². The molecule has 0 amide bonds. The average Bonchev–Trinajstić information content (AvgIpc) is 2.42. The van der Waals surface area contributed by atoms with Crippen LogP contribution in [-0.4, -0.2) is 9.97 Å². The van der Waals surface area contributed by atoms with Crippen LogP contribution in [0.15, 0.2) is 53.3 Å².